The molecule has 2 unspecified atom stereocenters. The second-order valence-corrected chi connectivity index (χ2v) is 11.1. The van der Waals surface area contributed by atoms with Crippen LogP contribution >= 0.6 is 23.2 Å². The third kappa shape index (κ3) is 6.08. The van der Waals surface area contributed by atoms with E-state index in [0.717, 1.165) is 35.1 Å². The number of likely N-dealkylation sites (tertiary alicyclic amines) is 1. The first kappa shape index (κ1) is 27.5. The van der Waals surface area contributed by atoms with Crippen LogP contribution in [-0.2, 0) is 27.4 Å². The highest BCUT2D eigenvalue weighted by Gasteiger charge is 2.33. The Kier molecular flexibility index (Phi) is 8.16. The lowest BCUT2D eigenvalue weighted by Gasteiger charge is -2.30. The van der Waals surface area contributed by atoms with Gasteiger partial charge in [-0.05, 0) is 71.4 Å². The SMILES string of the molecule is CN(C(=O)OCc1cc(Cl)cc(Cl)c1)C1CCc2ccc(C3=CCN(C(=O)CN4C(=O)CCC4O)CC3)cc21. The largest absolute Gasteiger partial charge is 0.445 e. The van der Waals surface area contributed by atoms with Crippen LogP contribution in [0.4, 0.5) is 4.79 Å². The molecule has 206 valence electrons. The number of carbonyl (C=O) groups excluding carboxylic acids is 3. The monoisotopic (exact) mass is 571 g/mol. The Balaban J connectivity index is 1.21. The Bertz CT molecular complexity index is 1310. The van der Waals surface area contributed by atoms with Gasteiger partial charge in [-0.1, -0.05) is 41.4 Å². The summed E-state index contributed by atoms with van der Waals surface area (Å²) in [6, 6.07) is 11.4. The van der Waals surface area contributed by atoms with E-state index in [1.807, 2.05) is 6.08 Å². The Morgan fingerprint density at radius 3 is 2.51 bits per heavy atom. The molecule has 0 spiro atoms. The number of rotatable bonds is 6. The lowest BCUT2D eigenvalue weighted by atomic mass is 9.95. The van der Waals surface area contributed by atoms with Crippen molar-refractivity contribution in [3.05, 3.63) is 74.8 Å². The number of nitrogens with zero attached hydrogens (tertiary/aromatic N) is 3. The van der Waals surface area contributed by atoms with Gasteiger partial charge in [0.25, 0.3) is 0 Å². The summed E-state index contributed by atoms with van der Waals surface area (Å²) < 4.78 is 5.55. The molecule has 0 bridgehead atoms. The molecule has 10 heteroatoms. The van der Waals surface area contributed by atoms with Crippen LogP contribution in [0.5, 0.6) is 0 Å². The average molecular weight is 572 g/mol. The molecule has 3 aliphatic rings. The highest BCUT2D eigenvalue weighted by molar-refractivity contribution is 6.34. The standard InChI is InChI=1S/C29H31Cl2N3O5/c1-32(29(38)39-17-18-12-22(30)15-23(31)13-18)25-5-4-20-2-3-21(14-24(20)25)19-8-10-33(11-9-19)28(37)16-34-26(35)6-7-27(34)36/h2-3,8,12-15,25-26,35H,4-7,9-11,16-17H2,1H3. The van der Waals surface area contributed by atoms with E-state index in [9.17, 15) is 19.5 Å². The smallest absolute Gasteiger partial charge is 0.410 e. The Hall–Kier alpha value is -3.07. The zero-order chi connectivity index (χ0) is 27.7. The summed E-state index contributed by atoms with van der Waals surface area (Å²) in [7, 11) is 1.76. The number of halogens is 2. The number of aliphatic hydroxyl groups excluding tert-OH is 1. The molecule has 2 heterocycles. The van der Waals surface area contributed by atoms with Crippen molar-refractivity contribution in [1.29, 1.82) is 0 Å². The molecule has 2 aliphatic heterocycles. The number of hydrogen-bond donors (Lipinski definition) is 1. The van der Waals surface area contributed by atoms with Gasteiger partial charge in [-0.15, -0.1) is 0 Å². The minimum absolute atomic E-state index is 0.0794. The fraction of sp³-hybridized carbons (Fsp3) is 0.414. The van der Waals surface area contributed by atoms with Gasteiger partial charge in [-0.25, -0.2) is 4.79 Å². The Morgan fingerprint density at radius 1 is 1.08 bits per heavy atom. The zero-order valence-corrected chi connectivity index (χ0v) is 23.2. The van der Waals surface area contributed by atoms with Gasteiger partial charge in [-0.3, -0.25) is 9.59 Å². The van der Waals surface area contributed by atoms with E-state index in [1.54, 1.807) is 35.0 Å². The van der Waals surface area contributed by atoms with Crippen LogP contribution in [0.3, 0.4) is 0 Å². The molecule has 3 amide bonds. The maximum absolute atomic E-state index is 12.9. The van der Waals surface area contributed by atoms with Crippen LogP contribution in [-0.4, -0.2) is 70.6 Å². The molecule has 0 aromatic heterocycles. The Labute approximate surface area is 237 Å². The molecule has 39 heavy (non-hydrogen) atoms. The summed E-state index contributed by atoms with van der Waals surface area (Å²) >= 11 is 12.1. The molecule has 1 N–H and O–H groups in total. The van der Waals surface area contributed by atoms with Gasteiger partial charge >= 0.3 is 6.09 Å². The molecule has 1 saturated heterocycles. The van der Waals surface area contributed by atoms with Gasteiger partial charge in [-0.2, -0.15) is 0 Å². The van der Waals surface area contributed by atoms with E-state index in [4.69, 9.17) is 27.9 Å². The number of aryl methyl sites for hydroxylation is 1. The maximum atomic E-state index is 12.9. The Morgan fingerprint density at radius 2 is 1.85 bits per heavy atom. The summed E-state index contributed by atoms with van der Waals surface area (Å²) in [5, 5.41) is 10.9. The van der Waals surface area contributed by atoms with E-state index in [2.05, 4.69) is 18.2 Å². The van der Waals surface area contributed by atoms with E-state index in [-0.39, 0.29) is 37.4 Å². The van der Waals surface area contributed by atoms with Crippen molar-refractivity contribution in [3.63, 3.8) is 0 Å². The van der Waals surface area contributed by atoms with Crippen molar-refractivity contribution < 1.29 is 24.2 Å². The zero-order valence-electron chi connectivity index (χ0n) is 21.7. The first-order chi connectivity index (χ1) is 18.7. The van der Waals surface area contributed by atoms with Crippen molar-refractivity contribution in [2.75, 3.05) is 26.7 Å². The second kappa shape index (κ2) is 11.6. The highest BCUT2D eigenvalue weighted by Crippen LogP contribution is 2.38. The molecular formula is C29H31Cl2N3O5. The number of carbonyl (C=O) groups is 3. The van der Waals surface area contributed by atoms with Crippen molar-refractivity contribution in [3.8, 4) is 0 Å². The van der Waals surface area contributed by atoms with Crippen LogP contribution in [0.25, 0.3) is 5.57 Å². The van der Waals surface area contributed by atoms with Gasteiger partial charge in [0.15, 0.2) is 0 Å². The first-order valence-electron chi connectivity index (χ1n) is 13.1. The van der Waals surface area contributed by atoms with E-state index < -0.39 is 12.3 Å². The summed E-state index contributed by atoms with van der Waals surface area (Å²) in [4.78, 5) is 42.1. The van der Waals surface area contributed by atoms with Crippen LogP contribution < -0.4 is 0 Å². The quantitative estimate of drug-likeness (QED) is 0.537. The van der Waals surface area contributed by atoms with E-state index in [0.29, 0.717) is 36.0 Å². The topological polar surface area (TPSA) is 90.4 Å². The van der Waals surface area contributed by atoms with Crippen LogP contribution in [0, 0.1) is 0 Å². The van der Waals surface area contributed by atoms with Crippen LogP contribution in [0.15, 0.2) is 42.5 Å². The number of ether oxygens (including phenoxy) is 1. The highest BCUT2D eigenvalue weighted by atomic mass is 35.5. The van der Waals surface area contributed by atoms with Gasteiger partial charge in [0.05, 0.1) is 6.04 Å². The van der Waals surface area contributed by atoms with Gasteiger partial charge in [0.2, 0.25) is 11.8 Å². The van der Waals surface area contributed by atoms with Crippen molar-refractivity contribution in [2.24, 2.45) is 0 Å². The third-order valence-electron chi connectivity index (χ3n) is 7.77. The molecule has 2 aromatic rings. The number of benzene rings is 2. The lowest BCUT2D eigenvalue weighted by Crippen LogP contribution is -2.45. The molecule has 1 aliphatic carbocycles. The van der Waals surface area contributed by atoms with Crippen LogP contribution in [0.2, 0.25) is 10.0 Å². The second-order valence-electron chi connectivity index (χ2n) is 10.3. The molecule has 2 atom stereocenters. The van der Waals surface area contributed by atoms with Crippen LogP contribution in [0.1, 0.15) is 54.0 Å². The molecule has 8 nitrogen and oxygen atoms in total. The molecular weight excluding hydrogens is 541 g/mol. The van der Waals surface area contributed by atoms with E-state index >= 15 is 0 Å². The fourth-order valence-corrected chi connectivity index (χ4v) is 6.14. The predicted molar refractivity (Wildman–Crippen MR) is 148 cm³/mol. The predicted octanol–water partition coefficient (Wildman–Crippen LogP) is 4.81. The molecule has 0 saturated carbocycles. The lowest BCUT2D eigenvalue weighted by molar-refractivity contribution is -0.143. The summed E-state index contributed by atoms with van der Waals surface area (Å²) in [6.45, 7) is 0.988. The fourth-order valence-electron chi connectivity index (χ4n) is 5.57. The molecule has 5 rings (SSSR count). The van der Waals surface area contributed by atoms with Gasteiger partial charge < -0.3 is 24.5 Å². The number of aliphatic hydroxyl groups is 1. The van der Waals surface area contributed by atoms with Gasteiger partial charge in [0, 0.05) is 43.0 Å². The minimum atomic E-state index is -0.873. The number of hydrogen-bond acceptors (Lipinski definition) is 5. The molecule has 0 radical (unpaired) electrons. The van der Waals surface area contributed by atoms with E-state index in [1.165, 1.54) is 10.5 Å². The average Bonchev–Trinajstić information content (AvgIpc) is 3.48. The van der Waals surface area contributed by atoms with Crippen molar-refractivity contribution >= 4 is 46.7 Å². The first-order valence-corrected chi connectivity index (χ1v) is 13.9. The maximum Gasteiger partial charge on any atom is 0.410 e. The molecule has 2 aromatic carbocycles. The third-order valence-corrected chi connectivity index (χ3v) is 8.20. The summed E-state index contributed by atoms with van der Waals surface area (Å²) in [5.74, 6) is -0.340. The van der Waals surface area contributed by atoms with Crippen molar-refractivity contribution in [2.45, 2.75) is 51.0 Å². The number of fused-ring (bicyclic) bond motifs is 1. The van der Waals surface area contributed by atoms with Crippen molar-refractivity contribution in [1.82, 2.24) is 14.7 Å². The number of amides is 3. The normalized spacial score (nSPS) is 20.6. The summed E-state index contributed by atoms with van der Waals surface area (Å²) in [6.07, 6.45) is 3.79. The van der Waals surface area contributed by atoms with Gasteiger partial charge in [0.1, 0.15) is 19.4 Å². The minimum Gasteiger partial charge on any atom is -0.445 e. The molecule has 1 fully saturated rings. The summed E-state index contributed by atoms with van der Waals surface area (Å²) in [5.41, 5.74) is 5.27.